The third kappa shape index (κ3) is 2.30. The van der Waals surface area contributed by atoms with Crippen molar-refractivity contribution in [3.8, 4) is 5.88 Å². The van der Waals surface area contributed by atoms with Gasteiger partial charge in [-0.2, -0.15) is 0 Å². The largest absolute Gasteiger partial charge is 0.471 e. The molecule has 1 aromatic rings. The number of carbonyl (C=O) groups is 1. The highest BCUT2D eigenvalue weighted by Crippen LogP contribution is 2.17. The van der Waals surface area contributed by atoms with Gasteiger partial charge in [-0.15, -0.1) is 0 Å². The van der Waals surface area contributed by atoms with Crippen molar-refractivity contribution in [2.24, 2.45) is 0 Å². The summed E-state index contributed by atoms with van der Waals surface area (Å²) in [4.78, 5) is 15.6. The van der Waals surface area contributed by atoms with E-state index in [1.807, 2.05) is 0 Å². The molecule has 0 amide bonds. The number of ether oxygens (including phenoxy) is 2. The molecule has 1 fully saturated rings. The standard InChI is InChI=1S/C11H14N2O3/c1-2-15-11(14)9-4-3-5-13-10(9)16-8-6-12-7-8/h3-5,8,12H,2,6-7H2,1H3. The number of pyridine rings is 1. The summed E-state index contributed by atoms with van der Waals surface area (Å²) in [7, 11) is 0. The minimum Gasteiger partial charge on any atom is -0.471 e. The molecule has 5 nitrogen and oxygen atoms in total. The Hall–Kier alpha value is -1.62. The highest BCUT2D eigenvalue weighted by atomic mass is 16.5. The Kier molecular flexibility index (Phi) is 3.36. The lowest BCUT2D eigenvalue weighted by Crippen LogP contribution is -2.50. The summed E-state index contributed by atoms with van der Waals surface area (Å²) in [6.07, 6.45) is 1.70. The van der Waals surface area contributed by atoms with Crippen molar-refractivity contribution in [2.45, 2.75) is 13.0 Å². The quantitative estimate of drug-likeness (QED) is 0.756. The SMILES string of the molecule is CCOC(=O)c1cccnc1OC1CNC1. The molecule has 1 aromatic heterocycles. The Morgan fingerprint density at radius 2 is 2.44 bits per heavy atom. The second-order valence-corrected chi connectivity index (χ2v) is 3.47. The van der Waals surface area contributed by atoms with Crippen LogP contribution in [0.5, 0.6) is 5.88 Å². The van der Waals surface area contributed by atoms with Crippen LogP contribution in [0.15, 0.2) is 18.3 Å². The van der Waals surface area contributed by atoms with Crippen LogP contribution in [0.4, 0.5) is 0 Å². The van der Waals surface area contributed by atoms with E-state index in [-0.39, 0.29) is 6.10 Å². The van der Waals surface area contributed by atoms with Gasteiger partial charge >= 0.3 is 5.97 Å². The normalized spacial score (nSPS) is 15.3. The Bertz CT molecular complexity index is 377. The summed E-state index contributed by atoms with van der Waals surface area (Å²) in [5.74, 6) is -0.0367. The van der Waals surface area contributed by atoms with Crippen molar-refractivity contribution in [3.63, 3.8) is 0 Å². The minimum absolute atomic E-state index is 0.100. The molecule has 2 heterocycles. The highest BCUT2D eigenvalue weighted by molar-refractivity contribution is 5.91. The van der Waals surface area contributed by atoms with Crippen molar-refractivity contribution in [1.29, 1.82) is 0 Å². The van der Waals surface area contributed by atoms with Crippen molar-refractivity contribution in [2.75, 3.05) is 19.7 Å². The molecule has 5 heteroatoms. The van der Waals surface area contributed by atoms with E-state index in [0.29, 0.717) is 18.1 Å². The van der Waals surface area contributed by atoms with E-state index in [0.717, 1.165) is 13.1 Å². The van der Waals surface area contributed by atoms with Crippen LogP contribution in [0.1, 0.15) is 17.3 Å². The molecule has 1 aliphatic rings. The molecule has 0 bridgehead atoms. The predicted molar refractivity (Wildman–Crippen MR) is 57.5 cm³/mol. The molecule has 0 aliphatic carbocycles. The zero-order valence-corrected chi connectivity index (χ0v) is 9.10. The molecular weight excluding hydrogens is 208 g/mol. The first kappa shape index (κ1) is 10.9. The van der Waals surface area contributed by atoms with Gasteiger partial charge in [-0.25, -0.2) is 9.78 Å². The van der Waals surface area contributed by atoms with E-state index in [2.05, 4.69) is 10.3 Å². The summed E-state index contributed by atoms with van der Waals surface area (Å²) in [6.45, 7) is 3.69. The zero-order chi connectivity index (χ0) is 11.4. The molecule has 0 saturated carbocycles. The van der Waals surface area contributed by atoms with Crippen LogP contribution in [-0.2, 0) is 4.74 Å². The smallest absolute Gasteiger partial charge is 0.343 e. The second kappa shape index (κ2) is 4.94. The highest BCUT2D eigenvalue weighted by Gasteiger charge is 2.22. The molecular formula is C11H14N2O3. The summed E-state index contributed by atoms with van der Waals surface area (Å²) in [6, 6.07) is 3.35. The Morgan fingerprint density at radius 3 is 3.06 bits per heavy atom. The van der Waals surface area contributed by atoms with Crippen molar-refractivity contribution in [1.82, 2.24) is 10.3 Å². The van der Waals surface area contributed by atoms with Gasteiger partial charge in [0.1, 0.15) is 11.7 Å². The third-order valence-corrected chi connectivity index (χ3v) is 2.29. The van der Waals surface area contributed by atoms with E-state index in [4.69, 9.17) is 9.47 Å². The maximum Gasteiger partial charge on any atom is 0.343 e. The topological polar surface area (TPSA) is 60.5 Å². The average Bonchev–Trinajstić information content (AvgIpc) is 2.24. The number of nitrogens with one attached hydrogen (secondary N) is 1. The number of esters is 1. The number of rotatable bonds is 4. The number of hydrogen-bond acceptors (Lipinski definition) is 5. The predicted octanol–water partition coefficient (Wildman–Crippen LogP) is 0.609. The maximum atomic E-state index is 11.6. The van der Waals surface area contributed by atoms with Gasteiger partial charge in [0.15, 0.2) is 0 Å². The van der Waals surface area contributed by atoms with Crippen molar-refractivity contribution >= 4 is 5.97 Å². The molecule has 0 spiro atoms. The number of hydrogen-bond donors (Lipinski definition) is 1. The van der Waals surface area contributed by atoms with Gasteiger partial charge in [0, 0.05) is 19.3 Å². The molecule has 16 heavy (non-hydrogen) atoms. The lowest BCUT2D eigenvalue weighted by atomic mass is 10.2. The summed E-state index contributed by atoms with van der Waals surface area (Å²) in [5.41, 5.74) is 0.385. The molecule has 1 saturated heterocycles. The van der Waals surface area contributed by atoms with Crippen LogP contribution in [0.25, 0.3) is 0 Å². The van der Waals surface area contributed by atoms with Crippen LogP contribution in [0.3, 0.4) is 0 Å². The van der Waals surface area contributed by atoms with Gasteiger partial charge in [-0.3, -0.25) is 0 Å². The Balaban J connectivity index is 2.12. The molecule has 0 atom stereocenters. The van der Waals surface area contributed by atoms with Gasteiger partial charge in [0.05, 0.1) is 6.61 Å². The maximum absolute atomic E-state index is 11.6. The Morgan fingerprint density at radius 1 is 1.62 bits per heavy atom. The number of nitrogens with zero attached hydrogens (tertiary/aromatic N) is 1. The first-order chi connectivity index (χ1) is 7.81. The molecule has 0 radical (unpaired) electrons. The lowest BCUT2D eigenvalue weighted by Gasteiger charge is -2.27. The van der Waals surface area contributed by atoms with Gasteiger partial charge in [0.2, 0.25) is 5.88 Å². The monoisotopic (exact) mass is 222 g/mol. The molecule has 1 N–H and O–H groups in total. The van der Waals surface area contributed by atoms with E-state index in [9.17, 15) is 4.79 Å². The van der Waals surface area contributed by atoms with Crippen LogP contribution >= 0.6 is 0 Å². The second-order valence-electron chi connectivity index (χ2n) is 3.47. The summed E-state index contributed by atoms with van der Waals surface area (Å²) < 4.78 is 10.5. The summed E-state index contributed by atoms with van der Waals surface area (Å²) in [5, 5.41) is 3.09. The molecule has 2 rings (SSSR count). The fourth-order valence-electron chi connectivity index (χ4n) is 1.35. The molecule has 1 aliphatic heterocycles. The fraction of sp³-hybridized carbons (Fsp3) is 0.455. The first-order valence-electron chi connectivity index (χ1n) is 5.30. The third-order valence-electron chi connectivity index (χ3n) is 2.29. The number of carbonyl (C=O) groups excluding carboxylic acids is 1. The van der Waals surface area contributed by atoms with Gasteiger partial charge in [-0.05, 0) is 19.1 Å². The summed E-state index contributed by atoms with van der Waals surface area (Å²) >= 11 is 0. The van der Waals surface area contributed by atoms with E-state index >= 15 is 0 Å². The molecule has 86 valence electrons. The van der Waals surface area contributed by atoms with E-state index < -0.39 is 5.97 Å². The minimum atomic E-state index is -0.391. The Labute approximate surface area is 93.8 Å². The van der Waals surface area contributed by atoms with Crippen LogP contribution < -0.4 is 10.1 Å². The fourth-order valence-corrected chi connectivity index (χ4v) is 1.35. The van der Waals surface area contributed by atoms with Crippen LogP contribution in [0, 0.1) is 0 Å². The van der Waals surface area contributed by atoms with E-state index in [1.165, 1.54) is 0 Å². The lowest BCUT2D eigenvalue weighted by molar-refractivity contribution is 0.0513. The van der Waals surface area contributed by atoms with E-state index in [1.54, 1.807) is 25.3 Å². The zero-order valence-electron chi connectivity index (χ0n) is 9.10. The van der Waals surface area contributed by atoms with Crippen LogP contribution in [-0.4, -0.2) is 36.8 Å². The van der Waals surface area contributed by atoms with Gasteiger partial charge < -0.3 is 14.8 Å². The van der Waals surface area contributed by atoms with Gasteiger partial charge in [0.25, 0.3) is 0 Å². The van der Waals surface area contributed by atoms with Crippen LogP contribution in [0.2, 0.25) is 0 Å². The average molecular weight is 222 g/mol. The van der Waals surface area contributed by atoms with Crippen molar-refractivity contribution in [3.05, 3.63) is 23.9 Å². The van der Waals surface area contributed by atoms with Crippen molar-refractivity contribution < 1.29 is 14.3 Å². The molecule has 0 unspecified atom stereocenters. The van der Waals surface area contributed by atoms with Gasteiger partial charge in [-0.1, -0.05) is 0 Å². The first-order valence-corrected chi connectivity index (χ1v) is 5.30. The molecule has 0 aromatic carbocycles. The number of aromatic nitrogens is 1.